The monoisotopic (exact) mass is 391 g/mol. The van der Waals surface area contributed by atoms with Crippen LogP contribution in [0.5, 0.6) is 0 Å². The summed E-state index contributed by atoms with van der Waals surface area (Å²) >= 11 is 0.992. The molecule has 0 aliphatic heterocycles. The topological polar surface area (TPSA) is 46.1 Å². The fraction of sp³-hybridized carbons (Fsp3) is 0.211. The molecular formula is C19H16F3N3OS. The number of thioether (sulfide) groups is 1. The van der Waals surface area contributed by atoms with Crippen LogP contribution in [0.15, 0.2) is 59.6 Å². The number of amides is 1. The summed E-state index contributed by atoms with van der Waals surface area (Å²) in [6.07, 6.45) is -4.66. The molecule has 140 valence electrons. The van der Waals surface area contributed by atoms with Gasteiger partial charge in [-0.05, 0) is 25.1 Å². The normalized spacial score (nSPS) is 12.8. The zero-order chi connectivity index (χ0) is 19.6. The average molecular weight is 391 g/mol. The third-order valence-electron chi connectivity index (χ3n) is 3.93. The van der Waals surface area contributed by atoms with E-state index >= 15 is 0 Å². The minimum Gasteiger partial charge on any atom is -0.315 e. The summed E-state index contributed by atoms with van der Waals surface area (Å²) < 4.78 is 39.4. The van der Waals surface area contributed by atoms with Crippen LogP contribution in [0.2, 0.25) is 0 Å². The minimum atomic E-state index is -4.66. The Morgan fingerprint density at radius 1 is 1.04 bits per heavy atom. The van der Waals surface area contributed by atoms with Crippen LogP contribution in [0.3, 0.4) is 0 Å². The predicted octanol–water partition coefficient (Wildman–Crippen LogP) is 4.79. The quantitative estimate of drug-likeness (QED) is 0.474. The molecule has 3 rings (SSSR count). The molecule has 0 aliphatic carbocycles. The maximum atomic E-state index is 13.1. The number of carbonyl (C=O) groups is 1. The van der Waals surface area contributed by atoms with E-state index < -0.39 is 17.3 Å². The molecular weight excluding hydrogens is 375 g/mol. The fourth-order valence-electron chi connectivity index (χ4n) is 2.53. The summed E-state index contributed by atoms with van der Waals surface area (Å²) in [5.41, 5.74) is 0.900. The molecule has 3 aromatic rings. The van der Waals surface area contributed by atoms with Gasteiger partial charge in [0.2, 0.25) is 11.7 Å². The second kappa shape index (κ2) is 7.56. The molecule has 1 unspecified atom stereocenters. The van der Waals surface area contributed by atoms with Gasteiger partial charge in [-0.25, -0.2) is 9.97 Å². The number of halogens is 3. The van der Waals surface area contributed by atoms with E-state index in [9.17, 15) is 18.0 Å². The number of para-hydroxylation sites is 2. The molecule has 0 spiro atoms. The Hall–Kier alpha value is -2.61. The van der Waals surface area contributed by atoms with Crippen LogP contribution in [0.1, 0.15) is 12.7 Å². The molecule has 1 amide bonds. The second-order valence-electron chi connectivity index (χ2n) is 5.86. The zero-order valence-electron chi connectivity index (χ0n) is 14.6. The Labute approximate surface area is 158 Å². The highest BCUT2D eigenvalue weighted by molar-refractivity contribution is 8.00. The first kappa shape index (κ1) is 19.2. The molecule has 0 N–H and O–H groups in total. The number of benzene rings is 2. The van der Waals surface area contributed by atoms with Crippen LogP contribution in [-0.4, -0.2) is 28.2 Å². The number of aromatic nitrogens is 2. The predicted molar refractivity (Wildman–Crippen MR) is 99.7 cm³/mol. The van der Waals surface area contributed by atoms with Gasteiger partial charge in [0.05, 0.1) is 10.8 Å². The van der Waals surface area contributed by atoms with Gasteiger partial charge in [0.25, 0.3) is 0 Å². The van der Waals surface area contributed by atoms with E-state index in [1.54, 1.807) is 44.3 Å². The van der Waals surface area contributed by atoms with Gasteiger partial charge < -0.3 is 4.90 Å². The molecule has 0 bridgehead atoms. The maximum Gasteiger partial charge on any atom is 0.451 e. The number of fused-ring (bicyclic) bond motifs is 1. The van der Waals surface area contributed by atoms with Crippen molar-refractivity contribution in [3.05, 3.63) is 60.4 Å². The van der Waals surface area contributed by atoms with Gasteiger partial charge in [-0.1, -0.05) is 48.2 Å². The Kier molecular flexibility index (Phi) is 5.36. The highest BCUT2D eigenvalue weighted by atomic mass is 32.2. The lowest BCUT2D eigenvalue weighted by molar-refractivity contribution is -0.145. The molecule has 0 aliphatic rings. The van der Waals surface area contributed by atoms with Gasteiger partial charge in [-0.3, -0.25) is 4.79 Å². The first-order valence-electron chi connectivity index (χ1n) is 8.10. The van der Waals surface area contributed by atoms with Gasteiger partial charge in [-0.15, -0.1) is 0 Å². The highest BCUT2D eigenvalue weighted by Gasteiger charge is 2.36. The first-order valence-corrected chi connectivity index (χ1v) is 8.98. The van der Waals surface area contributed by atoms with Crippen molar-refractivity contribution in [3.8, 4) is 0 Å². The van der Waals surface area contributed by atoms with Crippen molar-refractivity contribution in [2.45, 2.75) is 23.4 Å². The van der Waals surface area contributed by atoms with Crippen molar-refractivity contribution < 1.29 is 18.0 Å². The molecule has 0 saturated heterocycles. The number of anilines is 1. The highest BCUT2D eigenvalue weighted by Crippen LogP contribution is 2.34. The van der Waals surface area contributed by atoms with Crippen LogP contribution < -0.4 is 4.90 Å². The van der Waals surface area contributed by atoms with Crippen molar-refractivity contribution in [1.29, 1.82) is 0 Å². The van der Waals surface area contributed by atoms with Crippen molar-refractivity contribution in [3.63, 3.8) is 0 Å². The number of rotatable bonds is 4. The van der Waals surface area contributed by atoms with E-state index in [0.29, 0.717) is 11.1 Å². The molecule has 1 heterocycles. The van der Waals surface area contributed by atoms with Gasteiger partial charge in [-0.2, -0.15) is 13.2 Å². The van der Waals surface area contributed by atoms with E-state index in [4.69, 9.17) is 0 Å². The summed E-state index contributed by atoms with van der Waals surface area (Å²) in [6, 6.07) is 15.5. The molecule has 1 atom stereocenters. The number of hydrogen-bond acceptors (Lipinski definition) is 4. The molecule has 8 heteroatoms. The van der Waals surface area contributed by atoms with Gasteiger partial charge in [0, 0.05) is 18.1 Å². The third-order valence-corrected chi connectivity index (χ3v) is 5.02. The van der Waals surface area contributed by atoms with Crippen molar-refractivity contribution >= 4 is 34.3 Å². The molecule has 2 aromatic carbocycles. The Bertz CT molecular complexity index is 963. The lowest BCUT2D eigenvalue weighted by Crippen LogP contribution is -2.33. The Morgan fingerprint density at radius 2 is 1.67 bits per heavy atom. The van der Waals surface area contributed by atoms with Gasteiger partial charge in [0.1, 0.15) is 5.03 Å². The summed E-state index contributed by atoms with van der Waals surface area (Å²) in [4.78, 5) is 21.5. The van der Waals surface area contributed by atoms with Crippen molar-refractivity contribution in [2.24, 2.45) is 0 Å². The second-order valence-corrected chi connectivity index (χ2v) is 7.19. The van der Waals surface area contributed by atoms with Crippen LogP contribution in [0.4, 0.5) is 18.9 Å². The van der Waals surface area contributed by atoms with Crippen LogP contribution in [0, 0.1) is 0 Å². The lowest BCUT2D eigenvalue weighted by atomic mass is 10.2. The Morgan fingerprint density at radius 3 is 2.33 bits per heavy atom. The lowest BCUT2D eigenvalue weighted by Gasteiger charge is -2.21. The number of alkyl halides is 3. The summed E-state index contributed by atoms with van der Waals surface area (Å²) in [5, 5.41) is -0.0117. The van der Waals surface area contributed by atoms with Gasteiger partial charge >= 0.3 is 6.18 Å². The fourth-order valence-corrected chi connectivity index (χ4v) is 3.57. The number of nitrogens with zero attached hydrogens (tertiary/aromatic N) is 3. The summed E-state index contributed by atoms with van der Waals surface area (Å²) in [5.74, 6) is -1.44. The average Bonchev–Trinajstić information content (AvgIpc) is 2.66. The largest absolute Gasteiger partial charge is 0.451 e. The molecule has 4 nitrogen and oxygen atoms in total. The van der Waals surface area contributed by atoms with Crippen molar-refractivity contribution in [1.82, 2.24) is 9.97 Å². The molecule has 27 heavy (non-hydrogen) atoms. The van der Waals surface area contributed by atoms with Crippen LogP contribution in [-0.2, 0) is 11.0 Å². The van der Waals surface area contributed by atoms with E-state index in [1.807, 2.05) is 18.2 Å². The third kappa shape index (κ3) is 4.21. The zero-order valence-corrected chi connectivity index (χ0v) is 15.4. The van der Waals surface area contributed by atoms with Crippen LogP contribution in [0.25, 0.3) is 10.9 Å². The Balaban J connectivity index is 1.92. The number of hydrogen-bond donors (Lipinski definition) is 0. The smallest absolute Gasteiger partial charge is 0.315 e. The van der Waals surface area contributed by atoms with E-state index in [2.05, 4.69) is 9.97 Å². The molecule has 0 radical (unpaired) electrons. The standard InChI is InChI=1S/C19H16F3N3OS/c1-12(17(26)25(2)13-8-4-3-5-9-13)27-16-14-10-6-7-11-15(14)23-18(24-16)19(20,21)22/h3-12H,1-2H3. The minimum absolute atomic E-state index is 0.134. The molecule has 0 fully saturated rings. The summed E-state index contributed by atoms with van der Waals surface area (Å²) in [7, 11) is 1.63. The van der Waals surface area contributed by atoms with E-state index in [1.165, 1.54) is 11.0 Å². The summed E-state index contributed by atoms with van der Waals surface area (Å²) in [6.45, 7) is 1.65. The molecule has 0 saturated carbocycles. The maximum absolute atomic E-state index is 13.1. The number of carbonyl (C=O) groups excluding carboxylic acids is 1. The van der Waals surface area contributed by atoms with Gasteiger partial charge in [0.15, 0.2) is 0 Å². The molecule has 1 aromatic heterocycles. The van der Waals surface area contributed by atoms with Crippen LogP contribution >= 0.6 is 11.8 Å². The van der Waals surface area contributed by atoms with Crippen molar-refractivity contribution in [2.75, 3.05) is 11.9 Å². The SMILES string of the molecule is CC(Sc1nc(C(F)(F)F)nc2ccccc12)C(=O)N(C)c1ccccc1. The van der Waals surface area contributed by atoms with E-state index in [0.717, 1.165) is 11.8 Å². The van der Waals surface area contributed by atoms with E-state index in [-0.39, 0.29) is 16.4 Å². The first-order chi connectivity index (χ1) is 12.8.